The van der Waals surface area contributed by atoms with Crippen LogP contribution in [0.3, 0.4) is 0 Å². The highest BCUT2D eigenvalue weighted by Crippen LogP contribution is 2.56. The van der Waals surface area contributed by atoms with Crippen molar-refractivity contribution in [2.75, 3.05) is 42.7 Å². The molecule has 9 heteroatoms. The molecule has 3 aromatic rings. The second-order valence-corrected chi connectivity index (χ2v) is 8.51. The van der Waals surface area contributed by atoms with Crippen molar-refractivity contribution >= 4 is 5.97 Å². The van der Waals surface area contributed by atoms with Crippen LogP contribution < -0.4 is 33.2 Å². The van der Waals surface area contributed by atoms with Crippen LogP contribution in [0.4, 0.5) is 0 Å². The molecular formula is C28H28O9. The summed E-state index contributed by atoms with van der Waals surface area (Å²) in [5.41, 5.74) is 2.55. The predicted octanol–water partition coefficient (Wildman–Crippen LogP) is 4.54. The molecule has 5 rings (SSSR count). The highest BCUT2D eigenvalue weighted by molar-refractivity contribution is 5.96. The van der Waals surface area contributed by atoms with E-state index in [2.05, 4.69) is 0 Å². The number of esters is 1. The van der Waals surface area contributed by atoms with E-state index in [1.807, 2.05) is 30.3 Å². The van der Waals surface area contributed by atoms with Gasteiger partial charge in [-0.3, -0.25) is 0 Å². The molecule has 0 unspecified atom stereocenters. The molecule has 0 spiro atoms. The van der Waals surface area contributed by atoms with E-state index in [4.69, 9.17) is 37.9 Å². The van der Waals surface area contributed by atoms with Crippen molar-refractivity contribution in [3.05, 3.63) is 64.7 Å². The van der Waals surface area contributed by atoms with Crippen LogP contribution >= 0.6 is 0 Å². The van der Waals surface area contributed by atoms with E-state index < -0.39 is 24.1 Å². The molecule has 3 atom stereocenters. The number of rotatable bonds is 7. The van der Waals surface area contributed by atoms with Gasteiger partial charge in [0.25, 0.3) is 0 Å². The van der Waals surface area contributed by atoms with Gasteiger partial charge in [0.15, 0.2) is 35.2 Å². The summed E-state index contributed by atoms with van der Waals surface area (Å²) in [4.78, 5) is 13.4. The zero-order chi connectivity index (χ0) is 26.3. The molecule has 2 heterocycles. The SMILES string of the molecule is COc1ccc2c(c1)O[C@H](c1ccc(OC)c(OC)c1)[C@H]1OC(=O)c3cc(OC)c(OC)c(OC)c3[C@@H]21. The first-order chi connectivity index (χ1) is 18.0. The van der Waals surface area contributed by atoms with Gasteiger partial charge < -0.3 is 37.9 Å². The van der Waals surface area contributed by atoms with E-state index in [1.54, 1.807) is 33.5 Å². The fraction of sp³-hybridized carbons (Fsp3) is 0.321. The summed E-state index contributed by atoms with van der Waals surface area (Å²) in [7, 11) is 9.29. The van der Waals surface area contributed by atoms with Gasteiger partial charge in [-0.2, -0.15) is 0 Å². The van der Waals surface area contributed by atoms with Crippen molar-refractivity contribution in [1.29, 1.82) is 0 Å². The summed E-state index contributed by atoms with van der Waals surface area (Å²) in [6.45, 7) is 0. The first kappa shape index (κ1) is 24.4. The van der Waals surface area contributed by atoms with E-state index >= 15 is 0 Å². The van der Waals surface area contributed by atoms with Gasteiger partial charge in [-0.05, 0) is 24.3 Å². The summed E-state index contributed by atoms with van der Waals surface area (Å²) >= 11 is 0. The van der Waals surface area contributed by atoms with Crippen molar-refractivity contribution in [2.45, 2.75) is 18.1 Å². The minimum absolute atomic E-state index is 0.338. The van der Waals surface area contributed by atoms with Crippen LogP contribution in [-0.2, 0) is 4.74 Å². The zero-order valence-corrected chi connectivity index (χ0v) is 21.4. The standard InChI is InChI=1S/C28H28O9/c1-30-15-8-9-16-19(12-15)36-24(14-7-10-18(31-2)20(11-14)32-3)27-22(16)23-17(28(29)37-27)13-21(33-4)25(34-5)26(23)35-6/h7-13,22,24,27H,1-6H3/t22-,24-,27+/m1/s1. The number of fused-ring (bicyclic) bond motifs is 5. The lowest BCUT2D eigenvalue weighted by atomic mass is 9.76. The molecule has 0 fully saturated rings. The predicted molar refractivity (Wildman–Crippen MR) is 133 cm³/mol. The Morgan fingerprint density at radius 2 is 1.41 bits per heavy atom. The third-order valence-electron chi connectivity index (χ3n) is 6.82. The molecule has 2 aliphatic heterocycles. The zero-order valence-electron chi connectivity index (χ0n) is 21.4. The Bertz CT molecular complexity index is 1350. The average Bonchev–Trinajstić information content (AvgIpc) is 2.94. The maximum atomic E-state index is 13.4. The molecule has 3 aromatic carbocycles. The largest absolute Gasteiger partial charge is 0.497 e. The number of hydrogen-bond acceptors (Lipinski definition) is 9. The molecule has 0 amide bonds. The van der Waals surface area contributed by atoms with Crippen molar-refractivity contribution in [2.24, 2.45) is 0 Å². The molecule has 0 aromatic heterocycles. The summed E-state index contributed by atoms with van der Waals surface area (Å²) < 4.78 is 45.9. The molecule has 37 heavy (non-hydrogen) atoms. The molecular weight excluding hydrogens is 480 g/mol. The Balaban J connectivity index is 1.77. The van der Waals surface area contributed by atoms with Gasteiger partial charge in [0, 0.05) is 22.8 Å². The van der Waals surface area contributed by atoms with Crippen LogP contribution in [0, 0.1) is 0 Å². The fourth-order valence-corrected chi connectivity index (χ4v) is 5.14. The third kappa shape index (κ3) is 3.82. The monoisotopic (exact) mass is 508 g/mol. The molecule has 0 aliphatic carbocycles. The molecule has 0 saturated heterocycles. The number of hydrogen-bond donors (Lipinski definition) is 0. The molecule has 194 valence electrons. The van der Waals surface area contributed by atoms with E-state index in [0.29, 0.717) is 51.4 Å². The number of carbonyl (C=O) groups is 1. The van der Waals surface area contributed by atoms with E-state index in [9.17, 15) is 4.79 Å². The van der Waals surface area contributed by atoms with Crippen molar-refractivity contribution in [3.8, 4) is 40.2 Å². The lowest BCUT2D eigenvalue weighted by Gasteiger charge is -2.43. The summed E-state index contributed by atoms with van der Waals surface area (Å²) in [5.74, 6) is 2.55. The highest BCUT2D eigenvalue weighted by atomic mass is 16.6. The summed E-state index contributed by atoms with van der Waals surface area (Å²) in [6, 6.07) is 12.7. The number of benzene rings is 3. The van der Waals surface area contributed by atoms with Crippen molar-refractivity contribution in [1.82, 2.24) is 0 Å². The number of ether oxygens (including phenoxy) is 8. The van der Waals surface area contributed by atoms with E-state index in [1.165, 1.54) is 21.3 Å². The Morgan fingerprint density at radius 1 is 0.676 bits per heavy atom. The van der Waals surface area contributed by atoms with Gasteiger partial charge in [0.1, 0.15) is 11.5 Å². The van der Waals surface area contributed by atoms with Gasteiger partial charge in [0.05, 0.1) is 54.1 Å². The smallest absolute Gasteiger partial charge is 0.339 e. The lowest BCUT2D eigenvalue weighted by molar-refractivity contribution is -0.0325. The van der Waals surface area contributed by atoms with Gasteiger partial charge in [0.2, 0.25) is 5.75 Å². The second-order valence-electron chi connectivity index (χ2n) is 8.51. The normalized spacial score (nSPS) is 19.3. The van der Waals surface area contributed by atoms with Gasteiger partial charge >= 0.3 is 5.97 Å². The highest BCUT2D eigenvalue weighted by Gasteiger charge is 2.50. The summed E-state index contributed by atoms with van der Waals surface area (Å²) in [5, 5.41) is 0. The van der Waals surface area contributed by atoms with Crippen LogP contribution in [0.15, 0.2) is 42.5 Å². The Labute approximate surface area is 214 Å². The first-order valence-corrected chi connectivity index (χ1v) is 11.6. The van der Waals surface area contributed by atoms with Crippen molar-refractivity contribution < 1.29 is 42.7 Å². The number of carbonyl (C=O) groups excluding carboxylic acids is 1. The second kappa shape index (κ2) is 9.65. The van der Waals surface area contributed by atoms with Gasteiger partial charge in [-0.25, -0.2) is 4.79 Å². The van der Waals surface area contributed by atoms with Gasteiger partial charge in [-0.15, -0.1) is 0 Å². The quantitative estimate of drug-likeness (QED) is 0.427. The average molecular weight is 509 g/mol. The van der Waals surface area contributed by atoms with Crippen LogP contribution in [0.2, 0.25) is 0 Å². The van der Waals surface area contributed by atoms with Gasteiger partial charge in [-0.1, -0.05) is 12.1 Å². The molecule has 2 aliphatic rings. The van der Waals surface area contributed by atoms with E-state index in [-0.39, 0.29) is 0 Å². The molecule has 0 N–H and O–H groups in total. The molecule has 0 saturated carbocycles. The molecule has 0 bridgehead atoms. The van der Waals surface area contributed by atoms with Crippen molar-refractivity contribution in [3.63, 3.8) is 0 Å². The third-order valence-corrected chi connectivity index (χ3v) is 6.82. The van der Waals surface area contributed by atoms with Crippen LogP contribution in [0.1, 0.15) is 39.1 Å². The minimum atomic E-state index is -0.717. The Hall–Kier alpha value is -4.27. The maximum Gasteiger partial charge on any atom is 0.339 e. The summed E-state index contributed by atoms with van der Waals surface area (Å²) in [6.07, 6.45) is -1.38. The van der Waals surface area contributed by atoms with Crippen LogP contribution in [0.5, 0.6) is 40.2 Å². The fourth-order valence-electron chi connectivity index (χ4n) is 5.14. The van der Waals surface area contributed by atoms with Crippen LogP contribution in [-0.4, -0.2) is 54.7 Å². The first-order valence-electron chi connectivity index (χ1n) is 11.6. The minimum Gasteiger partial charge on any atom is -0.497 e. The van der Waals surface area contributed by atoms with Crippen LogP contribution in [0.25, 0.3) is 0 Å². The topological polar surface area (TPSA) is 90.9 Å². The molecule has 9 nitrogen and oxygen atoms in total. The Morgan fingerprint density at radius 3 is 2.05 bits per heavy atom. The van der Waals surface area contributed by atoms with E-state index in [0.717, 1.165) is 11.1 Å². The lowest BCUT2D eigenvalue weighted by Crippen LogP contribution is -2.42. The number of methoxy groups -OCH3 is 6. The maximum absolute atomic E-state index is 13.4. The Kier molecular flexibility index (Phi) is 6.37. The molecule has 0 radical (unpaired) electrons.